The summed E-state index contributed by atoms with van der Waals surface area (Å²) in [5, 5.41) is 9.60. The maximum atomic E-state index is 11.7. The minimum absolute atomic E-state index is 0.244. The van der Waals surface area contributed by atoms with Crippen molar-refractivity contribution in [2.45, 2.75) is 31.8 Å². The summed E-state index contributed by atoms with van der Waals surface area (Å²) in [6, 6.07) is 14.4. The molecule has 0 aliphatic carbocycles. The van der Waals surface area contributed by atoms with Crippen LogP contribution >= 0.6 is 0 Å². The highest BCUT2D eigenvalue weighted by atomic mass is 32.2. The number of nitriles is 1. The molecule has 7 heteroatoms. The predicted molar refractivity (Wildman–Crippen MR) is 110 cm³/mol. The second kappa shape index (κ2) is 8.41. The summed E-state index contributed by atoms with van der Waals surface area (Å²) in [7, 11) is -3.27. The summed E-state index contributed by atoms with van der Waals surface area (Å²) in [5.74, 6) is 0.259. The molecule has 1 aromatic carbocycles. The number of benzene rings is 1. The Labute approximate surface area is 170 Å². The van der Waals surface area contributed by atoms with Crippen molar-refractivity contribution >= 4 is 9.84 Å². The van der Waals surface area contributed by atoms with E-state index in [4.69, 9.17) is 4.74 Å². The molecular formula is C22H21N3O3S. The van der Waals surface area contributed by atoms with Crippen molar-refractivity contribution in [3.63, 3.8) is 0 Å². The van der Waals surface area contributed by atoms with Crippen LogP contribution in [0.1, 0.15) is 29.3 Å². The zero-order chi connectivity index (χ0) is 21.0. The van der Waals surface area contributed by atoms with Gasteiger partial charge in [0.2, 0.25) is 5.88 Å². The highest BCUT2D eigenvalue weighted by molar-refractivity contribution is 7.90. The zero-order valence-corrected chi connectivity index (χ0v) is 17.3. The number of ether oxygens (including phenoxy) is 1. The van der Waals surface area contributed by atoms with Crippen molar-refractivity contribution in [3.05, 3.63) is 71.0 Å². The molecule has 0 radical (unpaired) electrons. The summed E-state index contributed by atoms with van der Waals surface area (Å²) >= 11 is 0. The molecule has 6 nitrogen and oxygen atoms in total. The molecule has 3 rings (SSSR count). The smallest absolute Gasteiger partial charge is 0.232 e. The number of nitrogens with zero attached hydrogens (tertiary/aromatic N) is 3. The van der Waals surface area contributed by atoms with Crippen molar-refractivity contribution < 1.29 is 13.2 Å². The van der Waals surface area contributed by atoms with Gasteiger partial charge in [-0.3, -0.25) is 4.98 Å². The first kappa shape index (κ1) is 20.5. The lowest BCUT2D eigenvalue weighted by atomic mass is 10.0. The summed E-state index contributed by atoms with van der Waals surface area (Å²) in [5.41, 5.74) is 4.39. The number of aromatic nitrogens is 2. The van der Waals surface area contributed by atoms with E-state index in [1.165, 1.54) is 6.26 Å². The molecule has 0 aliphatic heterocycles. The van der Waals surface area contributed by atoms with Crippen LogP contribution in [0, 0.1) is 18.3 Å². The van der Waals surface area contributed by atoms with Gasteiger partial charge in [-0.1, -0.05) is 25.1 Å². The Morgan fingerprint density at radius 1 is 1.14 bits per heavy atom. The van der Waals surface area contributed by atoms with Crippen molar-refractivity contribution in [1.82, 2.24) is 9.97 Å². The highest BCUT2D eigenvalue weighted by Crippen LogP contribution is 2.28. The van der Waals surface area contributed by atoms with Gasteiger partial charge in [0.1, 0.15) is 18.2 Å². The Hall–Kier alpha value is -3.24. The van der Waals surface area contributed by atoms with E-state index in [-0.39, 0.29) is 17.4 Å². The lowest BCUT2D eigenvalue weighted by Gasteiger charge is -2.13. The molecule has 148 valence electrons. The monoisotopic (exact) mass is 407 g/mol. The Balaban J connectivity index is 1.97. The molecule has 0 N–H and O–H groups in total. The Morgan fingerprint density at radius 2 is 1.86 bits per heavy atom. The molecule has 0 amide bonds. The number of pyridine rings is 2. The van der Waals surface area contributed by atoms with E-state index < -0.39 is 9.84 Å². The van der Waals surface area contributed by atoms with Gasteiger partial charge in [-0.05, 0) is 43.2 Å². The van der Waals surface area contributed by atoms with Gasteiger partial charge < -0.3 is 4.74 Å². The van der Waals surface area contributed by atoms with E-state index in [9.17, 15) is 13.7 Å². The lowest BCUT2D eigenvalue weighted by Crippen LogP contribution is -2.04. The number of sulfone groups is 1. The second-order valence-corrected chi connectivity index (χ2v) is 8.72. The van der Waals surface area contributed by atoms with Crippen LogP contribution in [0.15, 0.2) is 53.6 Å². The first-order valence-electron chi connectivity index (χ1n) is 9.10. The van der Waals surface area contributed by atoms with Crippen molar-refractivity contribution in [2.75, 3.05) is 6.26 Å². The quantitative estimate of drug-likeness (QED) is 0.616. The van der Waals surface area contributed by atoms with Crippen molar-refractivity contribution in [3.8, 4) is 23.2 Å². The van der Waals surface area contributed by atoms with Crippen LogP contribution in [-0.2, 0) is 22.9 Å². The Kier molecular flexibility index (Phi) is 5.95. The Morgan fingerprint density at radius 3 is 2.41 bits per heavy atom. The van der Waals surface area contributed by atoms with Crippen LogP contribution in [0.25, 0.3) is 11.3 Å². The fourth-order valence-corrected chi connectivity index (χ4v) is 3.46. The van der Waals surface area contributed by atoms with Gasteiger partial charge in [0.25, 0.3) is 0 Å². The number of aryl methyl sites for hydroxylation is 2. The fraction of sp³-hybridized carbons (Fsp3) is 0.227. The SMILES string of the molecule is CCc1cc(-c2ccc(S(C)(=O)=O)cc2)nc(OCc2ccc(C)nc2)c1C#N. The molecule has 0 unspecified atom stereocenters. The van der Waals surface area contributed by atoms with E-state index in [1.54, 1.807) is 30.5 Å². The van der Waals surface area contributed by atoms with E-state index in [0.717, 1.165) is 22.4 Å². The predicted octanol–water partition coefficient (Wildman–Crippen LogP) is 3.87. The summed E-state index contributed by atoms with van der Waals surface area (Å²) in [6.07, 6.45) is 3.54. The summed E-state index contributed by atoms with van der Waals surface area (Å²) in [4.78, 5) is 9.02. The van der Waals surface area contributed by atoms with Gasteiger partial charge in [0.05, 0.1) is 10.6 Å². The summed E-state index contributed by atoms with van der Waals surface area (Å²) in [6.45, 7) is 4.11. The van der Waals surface area contributed by atoms with Gasteiger partial charge in [0, 0.05) is 29.3 Å². The average molecular weight is 407 g/mol. The Bertz CT molecular complexity index is 1160. The van der Waals surface area contributed by atoms with Gasteiger partial charge in [-0.15, -0.1) is 0 Å². The number of hydrogen-bond donors (Lipinski definition) is 0. The first-order valence-corrected chi connectivity index (χ1v) is 11.0. The van der Waals surface area contributed by atoms with Crippen LogP contribution in [0.2, 0.25) is 0 Å². The number of hydrogen-bond acceptors (Lipinski definition) is 6. The van der Waals surface area contributed by atoms with Crippen LogP contribution in [-0.4, -0.2) is 24.6 Å². The molecular weight excluding hydrogens is 386 g/mol. The van der Waals surface area contributed by atoms with Crippen molar-refractivity contribution in [1.29, 1.82) is 5.26 Å². The molecule has 3 aromatic rings. The standard InChI is InChI=1S/C22H21N3O3S/c1-4-17-11-21(18-7-9-19(10-8-18)29(3,26)27)25-22(20(17)12-23)28-14-16-6-5-15(2)24-13-16/h5-11,13H,4,14H2,1-3H3. The molecule has 2 aromatic heterocycles. The first-order chi connectivity index (χ1) is 13.8. The minimum Gasteiger partial charge on any atom is -0.472 e. The molecule has 0 saturated carbocycles. The third-order valence-corrected chi connectivity index (χ3v) is 5.62. The molecule has 0 bridgehead atoms. The molecule has 0 saturated heterocycles. The molecule has 2 heterocycles. The van der Waals surface area contributed by atoms with Gasteiger partial charge in [-0.2, -0.15) is 5.26 Å². The maximum Gasteiger partial charge on any atom is 0.232 e. The molecule has 0 spiro atoms. The largest absolute Gasteiger partial charge is 0.472 e. The summed E-state index contributed by atoms with van der Waals surface area (Å²) < 4.78 is 29.2. The number of rotatable bonds is 6. The van der Waals surface area contributed by atoms with E-state index in [0.29, 0.717) is 17.7 Å². The molecule has 0 atom stereocenters. The highest BCUT2D eigenvalue weighted by Gasteiger charge is 2.15. The lowest BCUT2D eigenvalue weighted by molar-refractivity contribution is 0.292. The van der Waals surface area contributed by atoms with Crippen molar-refractivity contribution in [2.24, 2.45) is 0 Å². The van der Waals surface area contributed by atoms with Crippen LogP contribution in [0.4, 0.5) is 0 Å². The molecule has 0 fully saturated rings. The second-order valence-electron chi connectivity index (χ2n) is 6.71. The average Bonchev–Trinajstić information content (AvgIpc) is 2.72. The molecule has 29 heavy (non-hydrogen) atoms. The van der Waals surface area contributed by atoms with Crippen LogP contribution in [0.5, 0.6) is 5.88 Å². The zero-order valence-electron chi connectivity index (χ0n) is 16.5. The molecule has 0 aliphatic rings. The third-order valence-electron chi connectivity index (χ3n) is 4.49. The third kappa shape index (κ3) is 4.79. The maximum absolute atomic E-state index is 11.7. The van der Waals surface area contributed by atoms with Gasteiger partial charge >= 0.3 is 0 Å². The van der Waals surface area contributed by atoms with Crippen LogP contribution in [0.3, 0.4) is 0 Å². The van der Waals surface area contributed by atoms with E-state index in [1.807, 2.05) is 32.0 Å². The van der Waals surface area contributed by atoms with Gasteiger partial charge in [0.15, 0.2) is 9.84 Å². The van der Waals surface area contributed by atoms with Crippen LogP contribution < -0.4 is 4.74 Å². The van der Waals surface area contributed by atoms with E-state index in [2.05, 4.69) is 16.0 Å². The van der Waals surface area contributed by atoms with E-state index >= 15 is 0 Å². The minimum atomic E-state index is -3.27. The fourth-order valence-electron chi connectivity index (χ4n) is 2.83. The normalized spacial score (nSPS) is 11.1. The topological polar surface area (TPSA) is 92.9 Å². The van der Waals surface area contributed by atoms with Gasteiger partial charge in [-0.25, -0.2) is 13.4 Å².